The predicted octanol–water partition coefficient (Wildman–Crippen LogP) is 11.1. The standard InChI is InChI=1S/C52H80GeO8Si6/c1-57-46(54)40-41(47(55)58-2)43(48(56)59-3)52(60-4)42(40)45-36-29-24-23-27-34(36)35-28-25-26-30-39(35)53(45,61-52)44-37(50(64(11,12)13)65(14,15)16)31-33(49(62(5,6)7)63(8,9)10)32-38(44)51(66(17,18)19)67(20,21)22/h23-32,45,49-51H,1-22H3. The van der Waals surface area contributed by atoms with Gasteiger partial charge in [-0.3, -0.25) is 0 Å². The van der Waals surface area contributed by atoms with E-state index in [0.29, 0.717) is 21.1 Å². The second-order valence-electron chi connectivity index (χ2n) is 25.8. The van der Waals surface area contributed by atoms with Crippen LogP contribution >= 0.6 is 0 Å². The Morgan fingerprint density at radius 3 is 1.36 bits per heavy atom. The average molecular weight is 1070 g/mol. The van der Waals surface area contributed by atoms with E-state index in [-0.39, 0.29) is 16.7 Å². The molecule has 3 aliphatic rings. The molecule has 0 aromatic heterocycles. The molecule has 3 aromatic rings. The van der Waals surface area contributed by atoms with Crippen LogP contribution in [0, 0.1) is 0 Å². The molecular weight excluding hydrogens is 994 g/mol. The number of fused-ring (bicyclic) bond motifs is 8. The van der Waals surface area contributed by atoms with Gasteiger partial charge in [-0.25, -0.2) is 0 Å². The van der Waals surface area contributed by atoms with Gasteiger partial charge in [-0.15, -0.1) is 0 Å². The van der Waals surface area contributed by atoms with E-state index >= 15 is 0 Å². The number of hydrogen-bond acceptors (Lipinski definition) is 8. The molecule has 0 bridgehead atoms. The van der Waals surface area contributed by atoms with Crippen LogP contribution in [-0.4, -0.2) is 114 Å². The first-order valence-corrected chi connectivity index (χ1v) is 49.6. The van der Waals surface area contributed by atoms with Gasteiger partial charge in [0.05, 0.1) is 0 Å². The molecule has 0 saturated carbocycles. The molecule has 0 amide bonds. The fourth-order valence-corrected chi connectivity index (χ4v) is 65.5. The second-order valence-corrected chi connectivity index (χ2v) is 66.3. The van der Waals surface area contributed by atoms with Crippen LogP contribution in [0.3, 0.4) is 0 Å². The Hall–Kier alpha value is -2.69. The summed E-state index contributed by atoms with van der Waals surface area (Å²) in [6.45, 7) is 46.1. The minimum absolute atomic E-state index is 0.0422. The summed E-state index contributed by atoms with van der Waals surface area (Å²) >= 11 is -4.93. The maximum atomic E-state index is 14.8. The zero-order valence-electron chi connectivity index (χ0n) is 44.8. The molecule has 1 aliphatic carbocycles. The normalized spacial score (nSPS) is 21.1. The first kappa shape index (κ1) is 53.7. The Morgan fingerprint density at radius 1 is 0.537 bits per heavy atom. The molecule has 364 valence electrons. The van der Waals surface area contributed by atoms with Gasteiger partial charge < -0.3 is 0 Å². The van der Waals surface area contributed by atoms with Crippen molar-refractivity contribution in [2.75, 3.05) is 28.4 Å². The third-order valence-electron chi connectivity index (χ3n) is 14.5. The summed E-state index contributed by atoms with van der Waals surface area (Å²) in [7, 11) is -6.76. The van der Waals surface area contributed by atoms with Crippen molar-refractivity contribution in [3.63, 3.8) is 0 Å². The van der Waals surface area contributed by atoms with Crippen molar-refractivity contribution in [2.24, 2.45) is 0 Å². The van der Waals surface area contributed by atoms with Crippen LogP contribution in [0.1, 0.15) is 42.5 Å². The van der Waals surface area contributed by atoms with Crippen LogP contribution < -0.4 is 8.79 Å². The molecule has 2 heterocycles. The topological polar surface area (TPSA) is 97.4 Å². The SMILES string of the molecule is COC(=O)C1=C(C(=O)OC)C2(OC)[O][Ge]3([c]4c(C([Si](C)(C)C)[Si](C)(C)C)cc(C([Si](C)(C)C)[Si](C)(C)C)cc4C([Si](C)(C)C)[Si](C)(C)C)[c]4ccccc4-c4ccccc4[CH]3C2=C1C(=O)OC. The molecule has 0 spiro atoms. The Bertz CT molecular complexity index is 2470. The zero-order valence-corrected chi connectivity index (χ0v) is 52.9. The molecule has 15 heteroatoms. The number of ether oxygens (including phenoxy) is 4. The summed E-state index contributed by atoms with van der Waals surface area (Å²) in [4.78, 5) is 43.9. The van der Waals surface area contributed by atoms with E-state index < -0.39 is 90.5 Å². The molecule has 1 saturated heterocycles. The van der Waals surface area contributed by atoms with Crippen molar-refractivity contribution < 1.29 is 37.1 Å². The number of methoxy groups -OCH3 is 4. The van der Waals surface area contributed by atoms with Gasteiger partial charge in [0.15, 0.2) is 0 Å². The molecule has 3 aromatic carbocycles. The van der Waals surface area contributed by atoms with Crippen molar-refractivity contribution in [1.82, 2.24) is 0 Å². The Kier molecular flexibility index (Phi) is 14.3. The fraction of sp³-hybridized carbons (Fsp3) is 0.519. The van der Waals surface area contributed by atoms with E-state index in [9.17, 15) is 14.4 Å². The van der Waals surface area contributed by atoms with E-state index in [4.69, 9.17) is 22.7 Å². The molecule has 8 nitrogen and oxygen atoms in total. The third kappa shape index (κ3) is 8.82. The molecule has 0 radical (unpaired) electrons. The third-order valence-corrected chi connectivity index (χ3v) is 52.0. The van der Waals surface area contributed by atoms with Crippen molar-refractivity contribution in [3.8, 4) is 11.1 Å². The van der Waals surface area contributed by atoms with Crippen LogP contribution in [0.5, 0.6) is 0 Å². The Morgan fingerprint density at radius 2 is 0.940 bits per heavy atom. The van der Waals surface area contributed by atoms with Gasteiger partial charge in [0.2, 0.25) is 0 Å². The Balaban J connectivity index is 2.08. The second kappa shape index (κ2) is 17.9. The first-order valence-electron chi connectivity index (χ1n) is 24.0. The molecule has 6 rings (SSSR count). The average Bonchev–Trinajstić information content (AvgIpc) is 3.64. The molecule has 67 heavy (non-hydrogen) atoms. The summed E-state index contributed by atoms with van der Waals surface area (Å²) in [5.74, 6) is -4.45. The number of benzene rings is 3. The van der Waals surface area contributed by atoms with Gasteiger partial charge in [-0.05, 0) is 0 Å². The number of carbonyl (C=O) groups excluding carboxylic acids is 3. The van der Waals surface area contributed by atoms with Gasteiger partial charge in [-0.1, -0.05) is 0 Å². The quantitative estimate of drug-likeness (QED) is 0.0895. The van der Waals surface area contributed by atoms with Gasteiger partial charge in [-0.2, -0.15) is 0 Å². The summed E-state index contributed by atoms with van der Waals surface area (Å²) in [5.41, 5.74) is 7.44. The van der Waals surface area contributed by atoms with Gasteiger partial charge >= 0.3 is 414 Å². The zero-order chi connectivity index (χ0) is 50.6. The van der Waals surface area contributed by atoms with Crippen molar-refractivity contribution in [1.29, 1.82) is 0 Å². The fourth-order valence-electron chi connectivity index (χ4n) is 14.3. The molecule has 2 aliphatic heterocycles. The number of hydrogen-bond donors (Lipinski definition) is 0. The summed E-state index contributed by atoms with van der Waals surface area (Å²) in [6.07, 6.45) is 0. The summed E-state index contributed by atoms with van der Waals surface area (Å²) in [5, 5.41) is 1.06. The van der Waals surface area contributed by atoms with Crippen LogP contribution in [0.4, 0.5) is 0 Å². The monoisotopic (exact) mass is 1070 g/mol. The van der Waals surface area contributed by atoms with E-state index in [1.165, 1.54) is 49.5 Å². The van der Waals surface area contributed by atoms with Crippen molar-refractivity contribution >= 4 is 88.7 Å². The number of rotatable bonds is 14. The van der Waals surface area contributed by atoms with Gasteiger partial charge in [0, 0.05) is 0 Å². The minimum atomic E-state index is -4.93. The van der Waals surface area contributed by atoms with Gasteiger partial charge in [0.1, 0.15) is 0 Å². The molecular formula is C52H80GeO8Si6. The predicted molar refractivity (Wildman–Crippen MR) is 295 cm³/mol. The first-order chi connectivity index (χ1) is 30.6. The van der Waals surface area contributed by atoms with E-state index in [0.717, 1.165) is 21.1 Å². The van der Waals surface area contributed by atoms with Crippen LogP contribution in [-0.2, 0) is 37.1 Å². The van der Waals surface area contributed by atoms with E-state index in [1.807, 2.05) is 0 Å². The van der Waals surface area contributed by atoms with Crippen molar-refractivity contribution in [3.05, 3.63) is 105 Å². The molecule has 0 N–H and O–H groups in total. The molecule has 1 fully saturated rings. The van der Waals surface area contributed by atoms with Crippen LogP contribution in [0.2, 0.25) is 118 Å². The van der Waals surface area contributed by atoms with Crippen molar-refractivity contribution in [2.45, 2.75) is 144 Å². The maximum absolute atomic E-state index is 14.8. The van der Waals surface area contributed by atoms with Crippen LogP contribution in [0.15, 0.2) is 83.0 Å². The Labute approximate surface area is 411 Å². The van der Waals surface area contributed by atoms with Crippen LogP contribution in [0.25, 0.3) is 11.1 Å². The van der Waals surface area contributed by atoms with Gasteiger partial charge in [0.25, 0.3) is 0 Å². The van der Waals surface area contributed by atoms with E-state index in [1.54, 1.807) is 0 Å². The molecule has 3 unspecified atom stereocenters. The summed E-state index contributed by atoms with van der Waals surface area (Å²) in [6, 6.07) is 22.6. The number of carbonyl (C=O) groups is 3. The summed E-state index contributed by atoms with van der Waals surface area (Å²) < 4.78 is 33.8. The number of esters is 3. The molecule has 3 atom stereocenters. The van der Waals surface area contributed by atoms with E-state index in [2.05, 4.69) is 179 Å².